The molecule has 1 aromatic heterocycles. The fourth-order valence-electron chi connectivity index (χ4n) is 2.84. The third-order valence-electron chi connectivity index (χ3n) is 4.07. The Bertz CT molecular complexity index is 435. The molecule has 0 amide bonds. The van der Waals surface area contributed by atoms with Gasteiger partial charge in [0.2, 0.25) is 0 Å². The lowest BCUT2D eigenvalue weighted by atomic mass is 9.96. The fraction of sp³-hybridized carbons (Fsp3) is 0.733. The van der Waals surface area contributed by atoms with Crippen LogP contribution in [0.3, 0.4) is 0 Å². The molecule has 0 aromatic carbocycles. The highest BCUT2D eigenvalue weighted by molar-refractivity contribution is 7.80. The van der Waals surface area contributed by atoms with Gasteiger partial charge in [0.1, 0.15) is 0 Å². The molecule has 0 unspecified atom stereocenters. The number of aromatic nitrogens is 2. The second-order valence-corrected chi connectivity index (χ2v) is 6.57. The van der Waals surface area contributed by atoms with Gasteiger partial charge in [-0.15, -0.1) is 0 Å². The van der Waals surface area contributed by atoms with Crippen LogP contribution in [-0.2, 0) is 6.54 Å². The van der Waals surface area contributed by atoms with E-state index in [9.17, 15) is 0 Å². The Morgan fingerprint density at radius 1 is 1.45 bits per heavy atom. The molecule has 5 heteroatoms. The van der Waals surface area contributed by atoms with E-state index in [0.717, 1.165) is 12.2 Å². The molecule has 0 atom stereocenters. The van der Waals surface area contributed by atoms with Gasteiger partial charge in [0.15, 0.2) is 0 Å². The third-order valence-corrected chi connectivity index (χ3v) is 4.20. The van der Waals surface area contributed by atoms with Gasteiger partial charge in [0.25, 0.3) is 0 Å². The average molecular weight is 294 g/mol. The molecule has 0 aliphatic heterocycles. The SMILES string of the molecule is CC(C)N(CC(N)=S)Cc1ccn(C2CCCCC2)n1. The summed E-state index contributed by atoms with van der Waals surface area (Å²) in [7, 11) is 0. The summed E-state index contributed by atoms with van der Waals surface area (Å²) in [5.41, 5.74) is 6.78. The van der Waals surface area contributed by atoms with E-state index in [2.05, 4.69) is 35.7 Å². The molecule has 2 N–H and O–H groups in total. The maximum absolute atomic E-state index is 5.67. The highest BCUT2D eigenvalue weighted by Crippen LogP contribution is 2.27. The van der Waals surface area contributed by atoms with Crippen LogP contribution < -0.4 is 5.73 Å². The first-order valence-electron chi connectivity index (χ1n) is 7.62. The minimum atomic E-state index is 0.413. The summed E-state index contributed by atoms with van der Waals surface area (Å²) in [6, 6.07) is 3.14. The van der Waals surface area contributed by atoms with Crippen molar-refractivity contribution in [2.75, 3.05) is 6.54 Å². The van der Waals surface area contributed by atoms with Crippen molar-refractivity contribution in [3.05, 3.63) is 18.0 Å². The summed E-state index contributed by atoms with van der Waals surface area (Å²) in [4.78, 5) is 2.81. The van der Waals surface area contributed by atoms with Crippen molar-refractivity contribution >= 4 is 17.2 Å². The van der Waals surface area contributed by atoms with Crippen LogP contribution >= 0.6 is 12.2 Å². The monoisotopic (exact) mass is 294 g/mol. The van der Waals surface area contributed by atoms with E-state index < -0.39 is 0 Å². The summed E-state index contributed by atoms with van der Waals surface area (Å²) < 4.78 is 2.16. The Kier molecular flexibility index (Phi) is 5.54. The van der Waals surface area contributed by atoms with Gasteiger partial charge < -0.3 is 5.73 Å². The standard InChI is InChI=1S/C15H26N4S/c1-12(2)18(11-15(16)20)10-13-8-9-19(17-13)14-6-4-3-5-7-14/h8-9,12,14H,3-7,10-11H2,1-2H3,(H2,16,20). The molecular weight excluding hydrogens is 268 g/mol. The predicted octanol–water partition coefficient (Wildman–Crippen LogP) is 2.88. The number of nitrogens with zero attached hydrogens (tertiary/aromatic N) is 3. The van der Waals surface area contributed by atoms with E-state index >= 15 is 0 Å². The second kappa shape index (κ2) is 7.18. The van der Waals surface area contributed by atoms with Crippen molar-refractivity contribution in [1.82, 2.24) is 14.7 Å². The normalized spacial score (nSPS) is 17.0. The predicted molar refractivity (Wildman–Crippen MR) is 86.7 cm³/mol. The van der Waals surface area contributed by atoms with E-state index in [1.54, 1.807) is 0 Å². The van der Waals surface area contributed by atoms with Gasteiger partial charge in [-0.25, -0.2) is 0 Å². The van der Waals surface area contributed by atoms with Crippen LogP contribution in [0.1, 0.15) is 57.7 Å². The van der Waals surface area contributed by atoms with Crippen LogP contribution in [0.5, 0.6) is 0 Å². The highest BCUT2D eigenvalue weighted by Gasteiger charge is 2.17. The molecule has 112 valence electrons. The topological polar surface area (TPSA) is 47.1 Å². The average Bonchev–Trinajstić information content (AvgIpc) is 2.87. The van der Waals surface area contributed by atoms with Crippen LogP contribution in [0.25, 0.3) is 0 Å². The number of hydrogen-bond acceptors (Lipinski definition) is 3. The van der Waals surface area contributed by atoms with Crippen LogP contribution in [0.4, 0.5) is 0 Å². The van der Waals surface area contributed by atoms with E-state index in [0.29, 0.717) is 23.6 Å². The molecule has 20 heavy (non-hydrogen) atoms. The molecule has 1 heterocycles. The lowest BCUT2D eigenvalue weighted by Gasteiger charge is -2.25. The summed E-state index contributed by atoms with van der Waals surface area (Å²) in [5, 5.41) is 4.75. The summed E-state index contributed by atoms with van der Waals surface area (Å²) >= 11 is 5.03. The number of rotatable bonds is 6. The van der Waals surface area contributed by atoms with Crippen molar-refractivity contribution in [3.63, 3.8) is 0 Å². The number of nitrogens with two attached hydrogens (primary N) is 1. The number of thiocarbonyl (C=S) groups is 1. The maximum Gasteiger partial charge on any atom is 0.0870 e. The largest absolute Gasteiger partial charge is 0.392 e. The first kappa shape index (κ1) is 15.4. The molecule has 0 saturated heterocycles. The van der Waals surface area contributed by atoms with Gasteiger partial charge >= 0.3 is 0 Å². The van der Waals surface area contributed by atoms with E-state index in [1.807, 2.05) is 0 Å². The molecule has 1 aromatic rings. The molecule has 0 bridgehead atoms. The minimum absolute atomic E-state index is 0.413. The van der Waals surface area contributed by atoms with Gasteiger partial charge in [-0.3, -0.25) is 9.58 Å². The molecule has 1 aliphatic carbocycles. The van der Waals surface area contributed by atoms with Gasteiger partial charge in [-0.05, 0) is 32.8 Å². The molecule has 0 spiro atoms. The molecule has 1 saturated carbocycles. The molecular formula is C15H26N4S. The van der Waals surface area contributed by atoms with Crippen molar-refractivity contribution in [2.24, 2.45) is 5.73 Å². The van der Waals surface area contributed by atoms with Crippen molar-refractivity contribution in [2.45, 2.75) is 64.6 Å². The van der Waals surface area contributed by atoms with E-state index in [1.165, 1.54) is 32.1 Å². The Morgan fingerprint density at radius 3 is 2.75 bits per heavy atom. The molecule has 1 aliphatic rings. The second-order valence-electron chi connectivity index (χ2n) is 6.04. The van der Waals surface area contributed by atoms with Crippen LogP contribution in [0, 0.1) is 0 Å². The fourth-order valence-corrected chi connectivity index (χ4v) is 3.01. The van der Waals surface area contributed by atoms with Crippen LogP contribution in [0.15, 0.2) is 12.3 Å². The van der Waals surface area contributed by atoms with Crippen LogP contribution in [0.2, 0.25) is 0 Å². The van der Waals surface area contributed by atoms with Gasteiger partial charge in [-0.2, -0.15) is 5.10 Å². The van der Waals surface area contributed by atoms with Crippen molar-refractivity contribution in [3.8, 4) is 0 Å². The number of hydrogen-bond donors (Lipinski definition) is 1. The van der Waals surface area contributed by atoms with Gasteiger partial charge in [0, 0.05) is 25.3 Å². The molecule has 2 rings (SSSR count). The first-order chi connectivity index (χ1) is 9.56. The zero-order valence-corrected chi connectivity index (χ0v) is 13.4. The first-order valence-corrected chi connectivity index (χ1v) is 8.03. The van der Waals surface area contributed by atoms with Gasteiger partial charge in [-0.1, -0.05) is 31.5 Å². The smallest absolute Gasteiger partial charge is 0.0870 e. The van der Waals surface area contributed by atoms with E-state index in [4.69, 9.17) is 23.1 Å². The lowest BCUT2D eigenvalue weighted by molar-refractivity contribution is 0.240. The highest BCUT2D eigenvalue weighted by atomic mass is 32.1. The molecule has 4 nitrogen and oxygen atoms in total. The van der Waals surface area contributed by atoms with Crippen molar-refractivity contribution in [1.29, 1.82) is 0 Å². The maximum atomic E-state index is 5.67. The quantitative estimate of drug-likeness (QED) is 0.820. The van der Waals surface area contributed by atoms with Gasteiger partial charge in [0.05, 0.1) is 16.7 Å². The lowest BCUT2D eigenvalue weighted by Crippen LogP contribution is -2.37. The summed E-state index contributed by atoms with van der Waals surface area (Å²) in [6.45, 7) is 5.80. The molecule has 1 fully saturated rings. The van der Waals surface area contributed by atoms with Crippen molar-refractivity contribution < 1.29 is 0 Å². The zero-order chi connectivity index (χ0) is 14.5. The molecule has 0 radical (unpaired) electrons. The summed E-state index contributed by atoms with van der Waals surface area (Å²) in [5.74, 6) is 0. The Labute approximate surface area is 127 Å². The summed E-state index contributed by atoms with van der Waals surface area (Å²) in [6.07, 6.45) is 8.70. The Hall–Kier alpha value is -0.940. The zero-order valence-electron chi connectivity index (χ0n) is 12.6. The third kappa shape index (κ3) is 4.28. The Morgan fingerprint density at radius 2 is 2.15 bits per heavy atom. The Balaban J connectivity index is 1.98. The van der Waals surface area contributed by atoms with E-state index in [-0.39, 0.29) is 0 Å². The minimum Gasteiger partial charge on any atom is -0.392 e. The van der Waals surface area contributed by atoms with Crippen LogP contribution in [-0.4, -0.2) is 32.3 Å².